The number of aryl methyl sites for hydroxylation is 1. The topological polar surface area (TPSA) is 148 Å². The smallest absolute Gasteiger partial charge is 0.407 e. The van der Waals surface area contributed by atoms with E-state index in [-0.39, 0.29) is 18.1 Å². The lowest BCUT2D eigenvalue weighted by Crippen LogP contribution is -2.46. The van der Waals surface area contributed by atoms with Gasteiger partial charge in [0.25, 0.3) is 11.5 Å². The van der Waals surface area contributed by atoms with Crippen LogP contribution >= 0.6 is 0 Å². The van der Waals surface area contributed by atoms with Crippen LogP contribution in [0.4, 0.5) is 10.7 Å². The summed E-state index contributed by atoms with van der Waals surface area (Å²) in [6.45, 7) is 2.11. The van der Waals surface area contributed by atoms with Gasteiger partial charge < -0.3 is 25.6 Å². The van der Waals surface area contributed by atoms with Crippen LogP contribution in [-0.2, 0) is 23.1 Å². The molecular weight excluding hydrogens is 404 g/mol. The maximum atomic E-state index is 12.2. The number of aliphatic hydroxyl groups excluding tert-OH is 1. The number of hydrogen-bond acceptors (Lipinski definition) is 7. The summed E-state index contributed by atoms with van der Waals surface area (Å²) in [6, 6.07) is 9.47. The number of nitrogen functional groups attached to an aromatic ring is 1. The lowest BCUT2D eigenvalue weighted by molar-refractivity contribution is -0.745. The summed E-state index contributed by atoms with van der Waals surface area (Å²) in [7, 11) is 1.69. The molecule has 1 amide bonds. The molecule has 0 saturated carbocycles. The van der Waals surface area contributed by atoms with E-state index in [1.165, 1.54) is 0 Å². The number of rotatable bonds is 5. The van der Waals surface area contributed by atoms with Crippen LogP contribution in [0.3, 0.4) is 0 Å². The monoisotopic (exact) mass is 429 g/mol. The van der Waals surface area contributed by atoms with E-state index in [0.29, 0.717) is 17.7 Å². The molecule has 164 valence electrons. The first-order valence-corrected chi connectivity index (χ1v) is 9.89. The molecule has 4 atom stereocenters. The molecule has 5 N–H and O–H groups in total. The molecule has 1 aromatic carbocycles. The van der Waals surface area contributed by atoms with Crippen molar-refractivity contribution in [1.29, 1.82) is 0 Å². The van der Waals surface area contributed by atoms with E-state index in [9.17, 15) is 14.7 Å². The zero-order chi connectivity index (χ0) is 22.1. The normalized spacial score (nSPS) is 23.2. The van der Waals surface area contributed by atoms with Gasteiger partial charge in [0, 0.05) is 6.54 Å². The first-order valence-electron chi connectivity index (χ1n) is 9.89. The maximum absolute atomic E-state index is 12.2. The number of anilines is 1. The second-order valence-electron chi connectivity index (χ2n) is 7.58. The van der Waals surface area contributed by atoms with Crippen molar-refractivity contribution in [3.63, 3.8) is 0 Å². The van der Waals surface area contributed by atoms with Gasteiger partial charge in [-0.3, -0.25) is 14.3 Å². The van der Waals surface area contributed by atoms with Crippen LogP contribution in [0.15, 0.2) is 41.5 Å². The summed E-state index contributed by atoms with van der Waals surface area (Å²) in [5.74, 6) is -0.498. The highest BCUT2D eigenvalue weighted by atomic mass is 16.6. The third kappa shape index (κ3) is 4.09. The zero-order valence-corrected chi connectivity index (χ0v) is 17.2. The number of aliphatic hydroxyl groups is 1. The van der Waals surface area contributed by atoms with Gasteiger partial charge in [-0.15, -0.1) is 0 Å². The van der Waals surface area contributed by atoms with E-state index >= 15 is 0 Å². The van der Waals surface area contributed by atoms with Crippen molar-refractivity contribution in [3.05, 3.63) is 52.6 Å². The minimum absolute atomic E-state index is 0.0269. The Bertz CT molecular complexity index is 1140. The number of nitrogens with two attached hydrogens (primary N) is 1. The molecule has 3 aromatic rings. The quantitative estimate of drug-likeness (QED) is 0.416. The molecule has 1 aliphatic rings. The van der Waals surface area contributed by atoms with Gasteiger partial charge in [-0.25, -0.2) is 9.36 Å². The summed E-state index contributed by atoms with van der Waals surface area (Å²) in [5.41, 5.74) is 6.84. The number of benzene rings is 1. The third-order valence-electron chi connectivity index (χ3n) is 5.44. The summed E-state index contributed by atoms with van der Waals surface area (Å²) >= 11 is 0. The molecule has 1 fully saturated rings. The molecule has 0 spiro atoms. The Kier molecular flexibility index (Phi) is 5.61. The Morgan fingerprint density at radius 3 is 2.90 bits per heavy atom. The summed E-state index contributed by atoms with van der Waals surface area (Å²) < 4.78 is 14.4. The number of carbonyl (C=O) groups excluding carboxylic acids is 1. The SMILES string of the molecule is C[C@H]1O[C@@H]([n+]2cn(C)c3c(=O)[nH]c(N)nc32)[C@H](O)[C@@H]1COC(=O)NCc1ccccc1. The van der Waals surface area contributed by atoms with Crippen molar-refractivity contribution in [2.45, 2.75) is 31.9 Å². The Labute approximate surface area is 177 Å². The van der Waals surface area contributed by atoms with Gasteiger partial charge in [0.1, 0.15) is 12.7 Å². The van der Waals surface area contributed by atoms with Crippen LogP contribution in [0.1, 0.15) is 18.7 Å². The number of H-pyrrole nitrogens is 1. The first-order chi connectivity index (χ1) is 14.8. The van der Waals surface area contributed by atoms with E-state index in [0.717, 1.165) is 5.56 Å². The molecule has 31 heavy (non-hydrogen) atoms. The number of nitrogens with one attached hydrogen (secondary N) is 2. The average Bonchev–Trinajstić information content (AvgIpc) is 3.21. The third-order valence-corrected chi connectivity index (χ3v) is 5.44. The van der Waals surface area contributed by atoms with Gasteiger partial charge in [0.05, 0.1) is 19.1 Å². The Morgan fingerprint density at radius 2 is 2.16 bits per heavy atom. The number of aromatic amines is 1. The van der Waals surface area contributed by atoms with E-state index in [2.05, 4.69) is 15.3 Å². The fraction of sp³-hybridized carbons (Fsp3) is 0.400. The number of imidazole rings is 1. The summed E-state index contributed by atoms with van der Waals surface area (Å²) in [5, 5.41) is 13.6. The van der Waals surface area contributed by atoms with Crippen LogP contribution in [0, 0.1) is 5.92 Å². The molecule has 2 aromatic heterocycles. The van der Waals surface area contributed by atoms with Crippen LogP contribution in [-0.4, -0.2) is 44.5 Å². The standard InChI is InChI=1S/C20H24N6O5/c1-11-13(9-30-20(29)22-8-12-6-4-3-5-7-12)15(27)18(31-11)26-10-25(2)14-16(26)23-19(21)24-17(14)28/h3-7,10-11,13,15,18,27H,8-9H2,1-2H3,(H3-,21,22,23,24,28,29)/p+1/t11-,13-,15-,18-/m1/s1. The average molecular weight is 429 g/mol. The van der Waals surface area contributed by atoms with E-state index in [1.807, 2.05) is 30.3 Å². The number of nitrogens with zero attached hydrogens (tertiary/aromatic N) is 3. The summed E-state index contributed by atoms with van der Waals surface area (Å²) in [4.78, 5) is 30.9. The van der Waals surface area contributed by atoms with Gasteiger partial charge in [-0.1, -0.05) is 35.3 Å². The lowest BCUT2D eigenvalue weighted by atomic mass is 10.0. The van der Waals surface area contributed by atoms with Crippen LogP contribution < -0.4 is 21.2 Å². The second kappa shape index (κ2) is 8.36. The fourth-order valence-corrected chi connectivity index (χ4v) is 3.80. The number of hydrogen-bond donors (Lipinski definition) is 4. The predicted octanol–water partition coefficient (Wildman–Crippen LogP) is -0.0479. The van der Waals surface area contributed by atoms with Crippen molar-refractivity contribution < 1.29 is 23.9 Å². The van der Waals surface area contributed by atoms with E-state index in [1.54, 1.807) is 29.4 Å². The summed E-state index contributed by atoms with van der Waals surface area (Å²) in [6.07, 6.45) is -1.17. The number of ether oxygens (including phenoxy) is 2. The second-order valence-corrected chi connectivity index (χ2v) is 7.58. The van der Waals surface area contributed by atoms with Crippen LogP contribution in [0.2, 0.25) is 0 Å². The first kappa shape index (κ1) is 20.8. The minimum Gasteiger partial charge on any atom is -0.449 e. The van der Waals surface area contributed by atoms with Crippen molar-refractivity contribution >= 4 is 23.2 Å². The maximum Gasteiger partial charge on any atom is 0.407 e. The molecule has 4 rings (SSSR count). The Hall–Kier alpha value is -3.44. The number of fused-ring (bicyclic) bond motifs is 1. The highest BCUT2D eigenvalue weighted by Gasteiger charge is 2.46. The van der Waals surface area contributed by atoms with Gasteiger partial charge in [0.2, 0.25) is 11.7 Å². The van der Waals surface area contributed by atoms with Crippen molar-refractivity contribution in [3.8, 4) is 0 Å². The molecule has 3 heterocycles. The number of amides is 1. The van der Waals surface area contributed by atoms with Gasteiger partial charge in [-0.05, 0) is 12.5 Å². The molecule has 1 aliphatic heterocycles. The molecule has 0 radical (unpaired) electrons. The Morgan fingerprint density at radius 1 is 1.42 bits per heavy atom. The molecule has 11 nitrogen and oxygen atoms in total. The van der Waals surface area contributed by atoms with E-state index < -0.39 is 30.4 Å². The van der Waals surface area contributed by atoms with Crippen molar-refractivity contribution in [1.82, 2.24) is 19.9 Å². The zero-order valence-electron chi connectivity index (χ0n) is 17.2. The molecule has 11 heteroatoms. The number of alkyl carbamates (subject to hydrolysis) is 1. The van der Waals surface area contributed by atoms with Gasteiger partial charge >= 0.3 is 11.7 Å². The molecule has 0 unspecified atom stereocenters. The largest absolute Gasteiger partial charge is 0.449 e. The highest BCUT2D eigenvalue weighted by Crippen LogP contribution is 2.31. The lowest BCUT2D eigenvalue weighted by Gasteiger charge is -2.17. The van der Waals surface area contributed by atoms with Gasteiger partial charge in [0.15, 0.2) is 6.33 Å². The number of aromatic nitrogens is 4. The highest BCUT2D eigenvalue weighted by molar-refractivity contribution is 5.67. The van der Waals surface area contributed by atoms with E-state index in [4.69, 9.17) is 15.2 Å². The van der Waals surface area contributed by atoms with Crippen LogP contribution in [0.25, 0.3) is 11.2 Å². The van der Waals surface area contributed by atoms with Crippen LogP contribution in [0.5, 0.6) is 0 Å². The fourth-order valence-electron chi connectivity index (χ4n) is 3.80. The molecule has 1 saturated heterocycles. The van der Waals surface area contributed by atoms with Crippen molar-refractivity contribution in [2.75, 3.05) is 12.3 Å². The Balaban J connectivity index is 1.44. The molecule has 0 bridgehead atoms. The minimum atomic E-state index is -0.991. The molecule has 0 aliphatic carbocycles. The predicted molar refractivity (Wildman–Crippen MR) is 110 cm³/mol. The number of carbonyl (C=O) groups is 1. The van der Waals surface area contributed by atoms with Gasteiger partial charge in [-0.2, -0.15) is 0 Å². The molecular formula is C20H25N6O5+. The van der Waals surface area contributed by atoms with Crippen molar-refractivity contribution in [2.24, 2.45) is 13.0 Å².